The molecule has 2 aromatic rings. The molecular weight excluding hydrogens is 439 g/mol. The Morgan fingerprint density at radius 1 is 1.35 bits per heavy atom. The van der Waals surface area contributed by atoms with Crippen molar-refractivity contribution in [2.45, 2.75) is 25.3 Å². The van der Waals surface area contributed by atoms with Crippen molar-refractivity contribution in [3.63, 3.8) is 0 Å². The topological polar surface area (TPSA) is 75.6 Å². The number of anilines is 1. The lowest BCUT2D eigenvalue weighted by molar-refractivity contribution is -0.242. The maximum Gasteiger partial charge on any atom is 0.426 e. The van der Waals surface area contributed by atoms with Crippen LogP contribution in [0.2, 0.25) is 0 Å². The van der Waals surface area contributed by atoms with Crippen LogP contribution in [0, 0.1) is 0 Å². The molecule has 1 aliphatic rings. The number of hydrogen-bond acceptors (Lipinski definition) is 5. The van der Waals surface area contributed by atoms with Crippen LogP contribution in [-0.2, 0) is 11.4 Å². The molecule has 0 saturated heterocycles. The van der Waals surface area contributed by atoms with Crippen molar-refractivity contribution in [3.05, 3.63) is 44.1 Å². The number of aliphatic hydroxyl groups is 1. The normalized spacial score (nSPS) is 16.0. The van der Waals surface area contributed by atoms with Crippen LogP contribution in [-0.4, -0.2) is 28.6 Å². The number of carbonyl (C=O) groups is 2. The minimum absolute atomic E-state index is 0.0769. The molecule has 2 N–H and O–H groups in total. The second-order valence-electron chi connectivity index (χ2n) is 5.72. The van der Waals surface area contributed by atoms with E-state index in [0.29, 0.717) is 21.8 Å². The van der Waals surface area contributed by atoms with E-state index in [1.807, 2.05) is 5.32 Å². The van der Waals surface area contributed by atoms with Crippen molar-refractivity contribution in [1.29, 1.82) is 0 Å². The first-order valence-corrected chi connectivity index (χ1v) is 8.88. The Morgan fingerprint density at radius 2 is 2.04 bits per heavy atom. The van der Waals surface area contributed by atoms with Gasteiger partial charge in [-0.25, -0.2) is 0 Å². The Hall–Kier alpha value is -1.91. The molecule has 0 spiro atoms. The summed E-state index contributed by atoms with van der Waals surface area (Å²) in [5, 5.41) is 13.2. The largest absolute Gasteiger partial charge is 0.487 e. The fraction of sp³-hybridized carbons (Fsp3) is 0.250. The highest BCUT2D eigenvalue weighted by molar-refractivity contribution is 9.10. The molecule has 1 unspecified atom stereocenters. The van der Waals surface area contributed by atoms with E-state index >= 15 is 0 Å². The molecule has 2 heterocycles. The number of carbonyl (C=O) groups excluding carboxylic acids is 2. The van der Waals surface area contributed by atoms with Crippen molar-refractivity contribution in [1.82, 2.24) is 0 Å². The molecule has 26 heavy (non-hydrogen) atoms. The van der Waals surface area contributed by atoms with E-state index in [1.165, 1.54) is 23.5 Å². The van der Waals surface area contributed by atoms with Crippen molar-refractivity contribution < 1.29 is 32.6 Å². The molecule has 10 heteroatoms. The average molecular weight is 450 g/mol. The molecular formula is C16H11BrF3NO4S. The van der Waals surface area contributed by atoms with Crippen LogP contribution < -0.4 is 10.1 Å². The van der Waals surface area contributed by atoms with E-state index < -0.39 is 23.5 Å². The predicted octanol–water partition coefficient (Wildman–Crippen LogP) is 3.89. The Kier molecular flexibility index (Phi) is 4.62. The second kappa shape index (κ2) is 6.36. The molecule has 5 nitrogen and oxygen atoms in total. The highest BCUT2D eigenvalue weighted by Crippen LogP contribution is 2.41. The highest BCUT2D eigenvalue weighted by atomic mass is 79.9. The van der Waals surface area contributed by atoms with Gasteiger partial charge in [0.1, 0.15) is 12.4 Å². The van der Waals surface area contributed by atoms with Crippen LogP contribution in [0.15, 0.2) is 28.1 Å². The summed E-state index contributed by atoms with van der Waals surface area (Å²) in [7, 11) is 0. The van der Waals surface area contributed by atoms with Gasteiger partial charge in [-0.05, 0) is 46.4 Å². The number of amides is 1. The lowest BCUT2D eigenvalue weighted by atomic mass is 10.0. The van der Waals surface area contributed by atoms with Crippen LogP contribution in [0.25, 0.3) is 0 Å². The van der Waals surface area contributed by atoms with E-state index in [-0.39, 0.29) is 23.6 Å². The van der Waals surface area contributed by atoms with Gasteiger partial charge >= 0.3 is 6.18 Å². The molecule has 0 bridgehead atoms. The van der Waals surface area contributed by atoms with Crippen LogP contribution in [0.3, 0.4) is 0 Å². The smallest absolute Gasteiger partial charge is 0.426 e. The molecule has 1 aliphatic heterocycles. The van der Waals surface area contributed by atoms with Crippen LogP contribution >= 0.6 is 27.3 Å². The van der Waals surface area contributed by atoms with Gasteiger partial charge in [0.05, 0.1) is 20.6 Å². The molecule has 138 valence electrons. The van der Waals surface area contributed by atoms with Gasteiger partial charge < -0.3 is 15.2 Å². The van der Waals surface area contributed by atoms with Gasteiger partial charge in [-0.1, -0.05) is 0 Å². The number of alkyl halides is 3. The molecule has 1 aromatic heterocycles. The van der Waals surface area contributed by atoms with E-state index in [0.717, 1.165) is 0 Å². The lowest BCUT2D eigenvalue weighted by Gasteiger charge is -2.25. The zero-order valence-electron chi connectivity index (χ0n) is 13.1. The maximum absolute atomic E-state index is 12.9. The Balaban J connectivity index is 2.07. The number of hydrogen-bond donors (Lipinski definition) is 2. The standard InChI is InChI=1S/C16H11BrF3NO4S/c1-15(24,16(18,19)20)14(23)21-9-3-2-8(17)12-10(9)11(22)13-7(6-25-12)4-5-26-13/h2-5,24H,6H2,1H3,(H,21,23). The SMILES string of the molecule is CC(O)(C(=O)Nc1ccc(Br)c2c1C(=O)c1sccc1CO2)C(F)(F)F. The zero-order valence-corrected chi connectivity index (χ0v) is 15.5. The Bertz CT molecular complexity index is 907. The van der Waals surface area contributed by atoms with Crippen molar-refractivity contribution in [2.24, 2.45) is 0 Å². The highest BCUT2D eigenvalue weighted by Gasteiger charge is 2.56. The minimum Gasteiger partial charge on any atom is -0.487 e. The number of rotatable bonds is 2. The summed E-state index contributed by atoms with van der Waals surface area (Å²) in [5.41, 5.74) is -3.23. The molecule has 3 rings (SSSR count). The third-order valence-electron chi connectivity index (χ3n) is 3.90. The zero-order chi connectivity index (χ0) is 19.3. The molecule has 1 aromatic carbocycles. The van der Waals surface area contributed by atoms with Crippen LogP contribution in [0.5, 0.6) is 5.75 Å². The Morgan fingerprint density at radius 3 is 2.69 bits per heavy atom. The van der Waals surface area contributed by atoms with E-state index in [2.05, 4.69) is 15.9 Å². The van der Waals surface area contributed by atoms with E-state index in [1.54, 1.807) is 11.4 Å². The fourth-order valence-electron chi connectivity index (χ4n) is 2.31. The molecule has 0 aliphatic carbocycles. The molecule has 0 fully saturated rings. The molecule has 0 radical (unpaired) electrons. The number of thiophene rings is 1. The first-order valence-electron chi connectivity index (χ1n) is 7.21. The van der Waals surface area contributed by atoms with Crippen LogP contribution in [0.1, 0.15) is 27.7 Å². The summed E-state index contributed by atoms with van der Waals surface area (Å²) in [4.78, 5) is 25.2. The molecule has 1 amide bonds. The van der Waals surface area contributed by atoms with Crippen molar-refractivity contribution in [2.75, 3.05) is 5.32 Å². The van der Waals surface area contributed by atoms with Gasteiger partial charge in [-0.3, -0.25) is 9.59 Å². The summed E-state index contributed by atoms with van der Waals surface area (Å²) in [6.45, 7) is 0.448. The van der Waals surface area contributed by atoms with Gasteiger partial charge in [0.25, 0.3) is 5.91 Å². The van der Waals surface area contributed by atoms with Crippen molar-refractivity contribution in [3.8, 4) is 5.75 Å². The summed E-state index contributed by atoms with van der Waals surface area (Å²) in [5.74, 6) is -2.06. The summed E-state index contributed by atoms with van der Waals surface area (Å²) in [6.07, 6.45) is -5.18. The number of fused-ring (bicyclic) bond motifs is 2. The lowest BCUT2D eigenvalue weighted by Crippen LogP contribution is -2.52. The third kappa shape index (κ3) is 3.01. The number of nitrogens with one attached hydrogen (secondary N) is 1. The quantitative estimate of drug-likeness (QED) is 0.729. The number of ketones is 1. The second-order valence-corrected chi connectivity index (χ2v) is 7.49. The van der Waals surface area contributed by atoms with E-state index in [4.69, 9.17) is 4.74 Å². The monoisotopic (exact) mass is 449 g/mol. The van der Waals surface area contributed by atoms with Gasteiger partial charge in [0.15, 0.2) is 0 Å². The van der Waals surface area contributed by atoms with E-state index in [9.17, 15) is 27.9 Å². The first-order chi connectivity index (χ1) is 12.0. The molecule has 0 saturated carbocycles. The van der Waals surface area contributed by atoms with Gasteiger partial charge in [0, 0.05) is 5.56 Å². The average Bonchev–Trinajstić information content (AvgIpc) is 2.96. The fourth-order valence-corrected chi connectivity index (χ4v) is 3.61. The van der Waals surface area contributed by atoms with Crippen molar-refractivity contribution >= 4 is 44.6 Å². The summed E-state index contributed by atoms with van der Waals surface area (Å²) in [6, 6.07) is 4.42. The molecule has 1 atom stereocenters. The predicted molar refractivity (Wildman–Crippen MR) is 91.5 cm³/mol. The van der Waals surface area contributed by atoms with Gasteiger partial charge in [0.2, 0.25) is 11.4 Å². The number of halogens is 4. The third-order valence-corrected chi connectivity index (χ3v) is 5.48. The Labute approximate surface area is 157 Å². The minimum atomic E-state index is -5.18. The maximum atomic E-state index is 12.9. The summed E-state index contributed by atoms with van der Waals surface area (Å²) >= 11 is 4.40. The van der Waals surface area contributed by atoms with Gasteiger partial charge in [-0.15, -0.1) is 11.3 Å². The number of ether oxygens (including phenoxy) is 1. The van der Waals surface area contributed by atoms with Crippen LogP contribution in [0.4, 0.5) is 18.9 Å². The summed E-state index contributed by atoms with van der Waals surface area (Å²) < 4.78 is 44.7. The number of benzene rings is 1. The van der Waals surface area contributed by atoms with Gasteiger partial charge in [-0.2, -0.15) is 13.2 Å². The first kappa shape index (κ1) is 18.9.